The third kappa shape index (κ3) is 4.11. The highest BCUT2D eigenvalue weighted by atomic mass is 32.2. The van der Waals surface area contributed by atoms with Gasteiger partial charge in [0.25, 0.3) is 0 Å². The van der Waals surface area contributed by atoms with E-state index in [0.717, 1.165) is 48.5 Å². The van der Waals surface area contributed by atoms with Crippen molar-refractivity contribution >= 4 is 34.7 Å². The Bertz CT molecular complexity index is 880. The maximum atomic E-state index is 12.5. The minimum Gasteiger partial charge on any atom is -0.352 e. The molecule has 4 rings (SSSR count). The molecular formula is C21H24N4OS. The van der Waals surface area contributed by atoms with Crippen molar-refractivity contribution in [3.8, 4) is 0 Å². The van der Waals surface area contributed by atoms with E-state index in [1.54, 1.807) is 11.8 Å². The number of aromatic amines is 1. The van der Waals surface area contributed by atoms with E-state index in [1.165, 1.54) is 4.90 Å². The third-order valence-corrected chi connectivity index (χ3v) is 5.91. The summed E-state index contributed by atoms with van der Waals surface area (Å²) in [5, 5.41) is 3.09. The summed E-state index contributed by atoms with van der Waals surface area (Å²) in [6.45, 7) is 2.29. The van der Waals surface area contributed by atoms with E-state index in [9.17, 15) is 4.79 Å². The fourth-order valence-electron chi connectivity index (χ4n) is 3.52. The molecule has 27 heavy (non-hydrogen) atoms. The van der Waals surface area contributed by atoms with Crippen molar-refractivity contribution in [2.24, 2.45) is 5.92 Å². The van der Waals surface area contributed by atoms with E-state index in [0.29, 0.717) is 6.54 Å². The highest BCUT2D eigenvalue weighted by Gasteiger charge is 2.26. The molecule has 1 amide bonds. The van der Waals surface area contributed by atoms with Crippen molar-refractivity contribution in [2.75, 3.05) is 24.2 Å². The van der Waals surface area contributed by atoms with Gasteiger partial charge in [-0.25, -0.2) is 4.98 Å². The van der Waals surface area contributed by atoms with Gasteiger partial charge in [0.15, 0.2) is 0 Å². The van der Waals surface area contributed by atoms with Crippen LogP contribution in [0.15, 0.2) is 53.4 Å². The largest absolute Gasteiger partial charge is 0.352 e. The molecule has 2 N–H and O–H groups in total. The highest BCUT2D eigenvalue weighted by molar-refractivity contribution is 7.98. The Labute approximate surface area is 163 Å². The number of amides is 1. The number of anilines is 1. The molecule has 140 valence electrons. The number of carbonyl (C=O) groups excluding carboxylic acids is 1. The van der Waals surface area contributed by atoms with Crippen LogP contribution >= 0.6 is 11.8 Å². The topological polar surface area (TPSA) is 61.0 Å². The number of aromatic nitrogens is 2. The van der Waals surface area contributed by atoms with Gasteiger partial charge >= 0.3 is 0 Å². The Morgan fingerprint density at radius 1 is 1.19 bits per heavy atom. The van der Waals surface area contributed by atoms with Crippen LogP contribution in [0.5, 0.6) is 0 Å². The molecule has 2 aromatic carbocycles. The maximum Gasteiger partial charge on any atom is 0.223 e. The van der Waals surface area contributed by atoms with Crippen LogP contribution in [0.25, 0.3) is 11.0 Å². The monoisotopic (exact) mass is 380 g/mol. The summed E-state index contributed by atoms with van der Waals surface area (Å²) in [4.78, 5) is 24.0. The number of H-pyrrole nitrogens is 1. The van der Waals surface area contributed by atoms with Gasteiger partial charge in [0.2, 0.25) is 11.9 Å². The summed E-state index contributed by atoms with van der Waals surface area (Å²) in [6, 6.07) is 16.4. The average Bonchev–Trinajstić information content (AvgIpc) is 3.17. The number of rotatable bonds is 5. The second kappa shape index (κ2) is 8.05. The van der Waals surface area contributed by atoms with Crippen LogP contribution in [-0.4, -0.2) is 35.2 Å². The number of hydrogen-bond acceptors (Lipinski definition) is 4. The van der Waals surface area contributed by atoms with Crippen LogP contribution in [-0.2, 0) is 11.3 Å². The number of nitrogens with zero attached hydrogens (tertiary/aromatic N) is 2. The molecule has 2 heterocycles. The fourth-order valence-corrected chi connectivity index (χ4v) is 3.93. The minimum atomic E-state index is 0.0797. The van der Waals surface area contributed by atoms with Crippen molar-refractivity contribution in [2.45, 2.75) is 24.3 Å². The average molecular weight is 381 g/mol. The SMILES string of the molecule is CSc1ccc(CNC(=O)C2CCN(c3nc4ccccc4[nH]3)CC2)cc1. The molecule has 1 aliphatic rings. The first-order chi connectivity index (χ1) is 13.2. The lowest BCUT2D eigenvalue weighted by Gasteiger charge is -2.31. The number of piperidine rings is 1. The molecule has 0 atom stereocenters. The zero-order valence-electron chi connectivity index (χ0n) is 15.4. The predicted octanol–water partition coefficient (Wildman–Crippen LogP) is 3.82. The Hall–Kier alpha value is -2.47. The van der Waals surface area contributed by atoms with Crippen LogP contribution < -0.4 is 10.2 Å². The molecule has 0 radical (unpaired) electrons. The summed E-state index contributed by atoms with van der Waals surface area (Å²) < 4.78 is 0. The molecule has 0 bridgehead atoms. The van der Waals surface area contributed by atoms with Gasteiger partial charge in [-0.05, 0) is 48.9 Å². The maximum absolute atomic E-state index is 12.5. The van der Waals surface area contributed by atoms with E-state index < -0.39 is 0 Å². The fraction of sp³-hybridized carbons (Fsp3) is 0.333. The molecule has 6 heteroatoms. The third-order valence-electron chi connectivity index (χ3n) is 5.17. The van der Waals surface area contributed by atoms with Gasteiger partial charge in [-0.1, -0.05) is 24.3 Å². The zero-order valence-corrected chi connectivity index (χ0v) is 16.3. The lowest BCUT2D eigenvalue weighted by Crippen LogP contribution is -2.40. The first kappa shape index (κ1) is 17.9. The summed E-state index contributed by atoms with van der Waals surface area (Å²) in [5.41, 5.74) is 3.18. The number of para-hydroxylation sites is 2. The van der Waals surface area contributed by atoms with Gasteiger partial charge < -0.3 is 15.2 Å². The van der Waals surface area contributed by atoms with Gasteiger partial charge in [-0.15, -0.1) is 11.8 Å². The molecule has 0 saturated carbocycles. The lowest BCUT2D eigenvalue weighted by atomic mass is 9.96. The zero-order chi connectivity index (χ0) is 18.6. The van der Waals surface area contributed by atoms with E-state index in [2.05, 4.69) is 50.7 Å². The van der Waals surface area contributed by atoms with Crippen molar-refractivity contribution in [3.63, 3.8) is 0 Å². The number of benzene rings is 2. The standard InChI is InChI=1S/C21H24N4OS/c1-27-17-8-6-15(7-9-17)14-22-20(26)16-10-12-25(13-11-16)21-23-18-4-2-3-5-19(18)24-21/h2-9,16H,10-14H2,1H3,(H,22,26)(H,23,24). The van der Waals surface area contributed by atoms with Crippen LogP contribution in [0.2, 0.25) is 0 Å². The summed E-state index contributed by atoms with van der Waals surface area (Å²) >= 11 is 1.72. The molecule has 1 aromatic heterocycles. The first-order valence-corrected chi connectivity index (χ1v) is 10.6. The number of thioether (sulfide) groups is 1. The van der Waals surface area contributed by atoms with Gasteiger partial charge in [0.1, 0.15) is 0 Å². The molecule has 0 spiro atoms. The Kier molecular flexibility index (Phi) is 5.34. The Morgan fingerprint density at radius 3 is 2.63 bits per heavy atom. The van der Waals surface area contributed by atoms with Crippen molar-refractivity contribution in [1.82, 2.24) is 15.3 Å². The quantitative estimate of drug-likeness (QED) is 0.661. The molecule has 3 aromatic rings. The first-order valence-electron chi connectivity index (χ1n) is 9.33. The summed E-state index contributed by atoms with van der Waals surface area (Å²) in [7, 11) is 0. The summed E-state index contributed by atoms with van der Waals surface area (Å²) in [5.74, 6) is 1.15. The van der Waals surface area contributed by atoms with Crippen molar-refractivity contribution < 1.29 is 4.79 Å². The van der Waals surface area contributed by atoms with Crippen LogP contribution in [0.4, 0.5) is 5.95 Å². The number of nitrogens with one attached hydrogen (secondary N) is 2. The molecule has 1 aliphatic heterocycles. The van der Waals surface area contributed by atoms with E-state index in [-0.39, 0.29) is 11.8 Å². The van der Waals surface area contributed by atoms with Gasteiger partial charge in [0, 0.05) is 30.4 Å². The molecule has 0 aliphatic carbocycles. The van der Waals surface area contributed by atoms with Gasteiger partial charge in [-0.2, -0.15) is 0 Å². The number of imidazole rings is 1. The smallest absolute Gasteiger partial charge is 0.223 e. The lowest BCUT2D eigenvalue weighted by molar-refractivity contribution is -0.125. The normalized spacial score (nSPS) is 15.2. The number of fused-ring (bicyclic) bond motifs is 1. The van der Waals surface area contributed by atoms with E-state index in [4.69, 9.17) is 0 Å². The highest BCUT2D eigenvalue weighted by Crippen LogP contribution is 2.24. The Morgan fingerprint density at radius 2 is 1.93 bits per heavy atom. The molecule has 1 fully saturated rings. The predicted molar refractivity (Wildman–Crippen MR) is 111 cm³/mol. The Balaban J connectivity index is 1.29. The van der Waals surface area contributed by atoms with Crippen LogP contribution in [0.3, 0.4) is 0 Å². The van der Waals surface area contributed by atoms with Gasteiger partial charge in [0.05, 0.1) is 11.0 Å². The number of carbonyl (C=O) groups is 1. The molecule has 1 saturated heterocycles. The summed E-state index contributed by atoms with van der Waals surface area (Å²) in [6.07, 6.45) is 3.77. The van der Waals surface area contributed by atoms with Crippen LogP contribution in [0.1, 0.15) is 18.4 Å². The number of hydrogen-bond donors (Lipinski definition) is 2. The second-order valence-electron chi connectivity index (χ2n) is 6.90. The van der Waals surface area contributed by atoms with Gasteiger partial charge in [-0.3, -0.25) is 4.79 Å². The van der Waals surface area contributed by atoms with E-state index in [1.807, 2.05) is 24.3 Å². The van der Waals surface area contributed by atoms with E-state index >= 15 is 0 Å². The van der Waals surface area contributed by atoms with Crippen LogP contribution in [0, 0.1) is 5.92 Å². The molecular weight excluding hydrogens is 356 g/mol. The molecule has 0 unspecified atom stereocenters. The van der Waals surface area contributed by atoms with Crippen molar-refractivity contribution in [3.05, 3.63) is 54.1 Å². The minimum absolute atomic E-state index is 0.0797. The second-order valence-corrected chi connectivity index (χ2v) is 7.78. The van der Waals surface area contributed by atoms with Crippen molar-refractivity contribution in [1.29, 1.82) is 0 Å². The molecule has 5 nitrogen and oxygen atoms in total.